The van der Waals surface area contributed by atoms with Crippen molar-refractivity contribution >= 4 is 0 Å². The summed E-state index contributed by atoms with van der Waals surface area (Å²) >= 11 is 0. The van der Waals surface area contributed by atoms with Gasteiger partial charge in [-0.2, -0.15) is 0 Å². The molecule has 0 radical (unpaired) electrons. The third-order valence-corrected chi connectivity index (χ3v) is 3.56. The van der Waals surface area contributed by atoms with Crippen LogP contribution < -0.4 is 0 Å². The normalized spacial score (nSPS) is 40.3. The first-order valence-electron chi connectivity index (χ1n) is 5.62. The summed E-state index contributed by atoms with van der Waals surface area (Å²) in [6, 6.07) is 0. The molecule has 3 atom stereocenters. The standard InChI is InChI=1S/C11H21NO2/c1-12-5-6-14-11-7-10(13-2)4-3-9(11)8-12/h9-11H,3-8H2,1-2H3. The van der Waals surface area contributed by atoms with E-state index in [2.05, 4.69) is 11.9 Å². The molecule has 14 heavy (non-hydrogen) atoms. The van der Waals surface area contributed by atoms with E-state index in [0.29, 0.717) is 12.2 Å². The number of ether oxygens (including phenoxy) is 2. The molecule has 0 N–H and O–H groups in total. The topological polar surface area (TPSA) is 21.7 Å². The van der Waals surface area contributed by atoms with Crippen LogP contribution in [0.15, 0.2) is 0 Å². The summed E-state index contributed by atoms with van der Waals surface area (Å²) in [5, 5.41) is 0. The second-order valence-corrected chi connectivity index (χ2v) is 4.60. The Morgan fingerprint density at radius 2 is 2.21 bits per heavy atom. The van der Waals surface area contributed by atoms with Crippen molar-refractivity contribution in [3.05, 3.63) is 0 Å². The second-order valence-electron chi connectivity index (χ2n) is 4.60. The van der Waals surface area contributed by atoms with Crippen molar-refractivity contribution in [1.29, 1.82) is 0 Å². The van der Waals surface area contributed by atoms with Gasteiger partial charge in [0.2, 0.25) is 0 Å². The van der Waals surface area contributed by atoms with Crippen molar-refractivity contribution in [2.75, 3.05) is 33.9 Å². The van der Waals surface area contributed by atoms with Crippen LogP contribution in [0.5, 0.6) is 0 Å². The summed E-state index contributed by atoms with van der Waals surface area (Å²) < 4.78 is 11.3. The van der Waals surface area contributed by atoms with E-state index >= 15 is 0 Å². The fraction of sp³-hybridized carbons (Fsp3) is 1.00. The Morgan fingerprint density at radius 1 is 1.36 bits per heavy atom. The molecule has 0 bridgehead atoms. The number of methoxy groups -OCH3 is 1. The summed E-state index contributed by atoms with van der Waals surface area (Å²) in [5.74, 6) is 0.730. The Labute approximate surface area is 86.4 Å². The van der Waals surface area contributed by atoms with Gasteiger partial charge in [0.05, 0.1) is 18.8 Å². The molecular formula is C11H21NO2. The molecule has 1 saturated carbocycles. The van der Waals surface area contributed by atoms with Gasteiger partial charge in [-0.05, 0) is 25.8 Å². The van der Waals surface area contributed by atoms with Gasteiger partial charge in [-0.25, -0.2) is 0 Å². The van der Waals surface area contributed by atoms with E-state index in [1.54, 1.807) is 0 Å². The molecule has 0 aromatic carbocycles. The van der Waals surface area contributed by atoms with Crippen molar-refractivity contribution in [2.24, 2.45) is 5.92 Å². The van der Waals surface area contributed by atoms with E-state index in [9.17, 15) is 0 Å². The molecule has 1 saturated heterocycles. The summed E-state index contributed by atoms with van der Waals surface area (Å²) in [7, 11) is 4.00. The van der Waals surface area contributed by atoms with E-state index in [1.165, 1.54) is 19.4 Å². The highest BCUT2D eigenvalue weighted by molar-refractivity contribution is 4.84. The molecule has 0 spiro atoms. The lowest BCUT2D eigenvalue weighted by atomic mass is 9.84. The molecule has 2 fully saturated rings. The third kappa shape index (κ3) is 2.27. The maximum Gasteiger partial charge on any atom is 0.0640 e. The van der Waals surface area contributed by atoms with Gasteiger partial charge in [0.25, 0.3) is 0 Å². The Kier molecular flexibility index (Phi) is 3.42. The van der Waals surface area contributed by atoms with Gasteiger partial charge in [0.1, 0.15) is 0 Å². The molecule has 2 rings (SSSR count). The predicted octanol–water partition coefficient (Wildman–Crippen LogP) is 1.13. The number of hydrogen-bond acceptors (Lipinski definition) is 3. The third-order valence-electron chi connectivity index (χ3n) is 3.56. The number of likely N-dealkylation sites (N-methyl/N-ethyl adjacent to an activating group) is 1. The summed E-state index contributed by atoms with van der Waals surface area (Å²) in [5.41, 5.74) is 0. The van der Waals surface area contributed by atoms with Gasteiger partial charge >= 0.3 is 0 Å². The molecule has 1 aliphatic heterocycles. The molecule has 3 heteroatoms. The highest BCUT2D eigenvalue weighted by Crippen LogP contribution is 2.30. The van der Waals surface area contributed by atoms with Crippen LogP contribution in [-0.2, 0) is 9.47 Å². The van der Waals surface area contributed by atoms with Crippen molar-refractivity contribution in [1.82, 2.24) is 4.90 Å². The van der Waals surface area contributed by atoms with Crippen LogP contribution in [0.3, 0.4) is 0 Å². The van der Waals surface area contributed by atoms with Crippen LogP contribution in [0.2, 0.25) is 0 Å². The maximum atomic E-state index is 5.89. The zero-order valence-corrected chi connectivity index (χ0v) is 9.24. The first-order chi connectivity index (χ1) is 6.79. The Bertz CT molecular complexity index is 186. The lowest BCUT2D eigenvalue weighted by Gasteiger charge is -2.34. The van der Waals surface area contributed by atoms with E-state index in [0.717, 1.165) is 25.5 Å². The second kappa shape index (κ2) is 4.60. The molecule has 1 heterocycles. The molecular weight excluding hydrogens is 178 g/mol. The van der Waals surface area contributed by atoms with Crippen LogP contribution in [0, 0.1) is 5.92 Å². The van der Waals surface area contributed by atoms with Crippen molar-refractivity contribution in [3.63, 3.8) is 0 Å². The van der Waals surface area contributed by atoms with E-state index < -0.39 is 0 Å². The SMILES string of the molecule is COC1CCC2CN(C)CCOC2C1. The minimum Gasteiger partial charge on any atom is -0.381 e. The Hall–Kier alpha value is -0.120. The van der Waals surface area contributed by atoms with Crippen LogP contribution >= 0.6 is 0 Å². The average Bonchev–Trinajstić information content (AvgIpc) is 2.37. The first kappa shape index (κ1) is 10.4. The predicted molar refractivity (Wildman–Crippen MR) is 55.4 cm³/mol. The molecule has 82 valence electrons. The van der Waals surface area contributed by atoms with E-state index in [-0.39, 0.29) is 0 Å². The quantitative estimate of drug-likeness (QED) is 0.632. The van der Waals surface area contributed by atoms with Gasteiger partial charge in [0.15, 0.2) is 0 Å². The zero-order chi connectivity index (χ0) is 9.97. The van der Waals surface area contributed by atoms with Crippen molar-refractivity contribution in [2.45, 2.75) is 31.5 Å². The zero-order valence-electron chi connectivity index (χ0n) is 9.24. The van der Waals surface area contributed by atoms with Crippen molar-refractivity contribution in [3.8, 4) is 0 Å². The first-order valence-corrected chi connectivity index (χ1v) is 5.62. The smallest absolute Gasteiger partial charge is 0.0640 e. The highest BCUT2D eigenvalue weighted by atomic mass is 16.5. The fourth-order valence-corrected chi connectivity index (χ4v) is 2.63. The lowest BCUT2D eigenvalue weighted by Crippen LogP contribution is -2.37. The van der Waals surface area contributed by atoms with Crippen LogP contribution in [0.1, 0.15) is 19.3 Å². The van der Waals surface area contributed by atoms with Gasteiger partial charge in [-0.3, -0.25) is 0 Å². The van der Waals surface area contributed by atoms with Crippen LogP contribution in [0.25, 0.3) is 0 Å². The Morgan fingerprint density at radius 3 is 3.00 bits per heavy atom. The summed E-state index contributed by atoms with van der Waals surface area (Å²) in [6.45, 7) is 3.15. The van der Waals surface area contributed by atoms with Crippen LogP contribution in [-0.4, -0.2) is 51.0 Å². The average molecular weight is 199 g/mol. The monoisotopic (exact) mass is 199 g/mol. The minimum atomic E-state index is 0.430. The molecule has 1 aliphatic carbocycles. The van der Waals surface area contributed by atoms with Gasteiger partial charge in [-0.1, -0.05) is 0 Å². The van der Waals surface area contributed by atoms with Gasteiger partial charge < -0.3 is 14.4 Å². The molecule has 2 aliphatic rings. The molecule has 3 nitrogen and oxygen atoms in total. The van der Waals surface area contributed by atoms with E-state index in [1.807, 2.05) is 7.11 Å². The van der Waals surface area contributed by atoms with Crippen molar-refractivity contribution < 1.29 is 9.47 Å². The summed E-state index contributed by atoms with van der Waals surface area (Å²) in [4.78, 5) is 2.39. The van der Waals surface area contributed by atoms with Gasteiger partial charge in [-0.15, -0.1) is 0 Å². The number of rotatable bonds is 1. The largest absolute Gasteiger partial charge is 0.381 e. The highest BCUT2D eigenvalue weighted by Gasteiger charge is 2.33. The molecule has 0 aromatic heterocycles. The molecule has 0 aromatic rings. The molecule has 3 unspecified atom stereocenters. The molecule has 0 amide bonds. The minimum absolute atomic E-state index is 0.430. The Balaban J connectivity index is 1.94. The summed E-state index contributed by atoms with van der Waals surface area (Å²) in [6.07, 6.45) is 4.43. The number of nitrogens with zero attached hydrogens (tertiary/aromatic N) is 1. The van der Waals surface area contributed by atoms with E-state index in [4.69, 9.17) is 9.47 Å². The number of fused-ring (bicyclic) bond motifs is 1. The maximum absolute atomic E-state index is 5.89. The lowest BCUT2D eigenvalue weighted by molar-refractivity contribution is -0.0481. The fourth-order valence-electron chi connectivity index (χ4n) is 2.63. The van der Waals surface area contributed by atoms with Crippen LogP contribution in [0.4, 0.5) is 0 Å². The van der Waals surface area contributed by atoms with Gasteiger partial charge in [0, 0.05) is 26.6 Å². The number of hydrogen-bond donors (Lipinski definition) is 0.